The van der Waals surface area contributed by atoms with E-state index < -0.39 is 0 Å². The van der Waals surface area contributed by atoms with Gasteiger partial charge in [-0.05, 0) is 36.6 Å². The molecule has 0 heterocycles. The fourth-order valence-corrected chi connectivity index (χ4v) is 1.69. The van der Waals surface area contributed by atoms with Crippen LogP contribution in [0.5, 0.6) is 5.75 Å². The second-order valence-corrected chi connectivity index (χ2v) is 4.10. The first-order chi connectivity index (χ1) is 6.15. The van der Waals surface area contributed by atoms with E-state index in [-0.39, 0.29) is 0 Å². The molecule has 0 radical (unpaired) electrons. The van der Waals surface area contributed by atoms with Gasteiger partial charge in [-0.3, -0.25) is 0 Å². The smallest absolute Gasteiger partial charge is 0.120 e. The van der Waals surface area contributed by atoms with Crippen LogP contribution in [0.2, 0.25) is 0 Å². The minimum absolute atomic E-state index is 0.318. The Hall–Kier alpha value is -0.540. The van der Waals surface area contributed by atoms with Gasteiger partial charge in [0.05, 0.1) is 0 Å². The van der Waals surface area contributed by atoms with Gasteiger partial charge in [0.2, 0.25) is 0 Å². The molecule has 3 N–H and O–H groups in total. The minimum Gasteiger partial charge on any atom is -0.508 e. The summed E-state index contributed by atoms with van der Waals surface area (Å²) in [7, 11) is 0. The third-order valence-electron chi connectivity index (χ3n) is 2.12. The lowest BCUT2D eigenvalue weighted by atomic mass is 9.97. The zero-order valence-electron chi connectivity index (χ0n) is 7.63. The predicted molar refractivity (Wildman–Crippen MR) is 57.9 cm³/mol. The molecule has 1 rings (SSSR count). The lowest BCUT2D eigenvalue weighted by Crippen LogP contribution is -2.04. The van der Waals surface area contributed by atoms with Crippen LogP contribution in [0.4, 0.5) is 0 Å². The molecule has 2 nitrogen and oxygen atoms in total. The molecule has 1 atom stereocenters. The van der Waals surface area contributed by atoms with Gasteiger partial charge >= 0.3 is 0 Å². The van der Waals surface area contributed by atoms with E-state index in [2.05, 4.69) is 22.9 Å². The summed E-state index contributed by atoms with van der Waals surface area (Å²) in [6, 6.07) is 5.57. The average Bonchev–Trinajstić information content (AvgIpc) is 2.04. The summed E-state index contributed by atoms with van der Waals surface area (Å²) in [6.45, 7) is 2.71. The van der Waals surface area contributed by atoms with Crippen molar-refractivity contribution in [3.05, 3.63) is 28.2 Å². The molecule has 72 valence electrons. The van der Waals surface area contributed by atoms with Crippen LogP contribution >= 0.6 is 15.9 Å². The normalized spacial score (nSPS) is 12.8. The Kier molecular flexibility index (Phi) is 3.75. The van der Waals surface area contributed by atoms with Crippen LogP contribution in [0.1, 0.15) is 24.8 Å². The minimum atomic E-state index is 0.318. The average molecular weight is 244 g/mol. The molecule has 0 saturated carbocycles. The second-order valence-electron chi connectivity index (χ2n) is 3.18. The first-order valence-corrected chi connectivity index (χ1v) is 5.13. The number of phenols is 1. The Bertz CT molecular complexity index is 288. The lowest BCUT2D eigenvalue weighted by molar-refractivity contribution is 0.460. The molecule has 0 saturated heterocycles. The molecule has 3 heteroatoms. The van der Waals surface area contributed by atoms with E-state index >= 15 is 0 Å². The fourth-order valence-electron chi connectivity index (χ4n) is 1.34. The van der Waals surface area contributed by atoms with E-state index in [1.807, 2.05) is 12.1 Å². The van der Waals surface area contributed by atoms with E-state index in [9.17, 15) is 5.11 Å². The molecule has 0 aliphatic carbocycles. The summed E-state index contributed by atoms with van der Waals surface area (Å²) in [5, 5.41) is 9.62. The predicted octanol–water partition coefficient (Wildman–Crippen LogP) is 2.61. The van der Waals surface area contributed by atoms with E-state index in [1.165, 1.54) is 0 Å². The molecule has 0 fully saturated rings. The molecule has 0 aliphatic rings. The SMILES string of the molecule is CC(CCN)c1ccc(Br)cc1O. The Labute approximate surface area is 86.9 Å². The molecule has 0 amide bonds. The monoisotopic (exact) mass is 243 g/mol. The van der Waals surface area contributed by atoms with Crippen LogP contribution < -0.4 is 5.73 Å². The van der Waals surface area contributed by atoms with Crippen molar-refractivity contribution in [1.29, 1.82) is 0 Å². The quantitative estimate of drug-likeness (QED) is 0.858. The van der Waals surface area contributed by atoms with E-state index in [0.717, 1.165) is 16.5 Å². The molecular weight excluding hydrogens is 230 g/mol. The fraction of sp³-hybridized carbons (Fsp3) is 0.400. The van der Waals surface area contributed by atoms with Crippen LogP contribution in [0, 0.1) is 0 Å². The molecule has 1 aromatic rings. The molecule has 0 bridgehead atoms. The number of benzene rings is 1. The van der Waals surface area contributed by atoms with Crippen molar-refractivity contribution >= 4 is 15.9 Å². The number of hydrogen-bond acceptors (Lipinski definition) is 2. The van der Waals surface area contributed by atoms with Crippen LogP contribution in [-0.4, -0.2) is 11.7 Å². The van der Waals surface area contributed by atoms with Crippen molar-refractivity contribution in [3.8, 4) is 5.75 Å². The highest BCUT2D eigenvalue weighted by atomic mass is 79.9. The van der Waals surface area contributed by atoms with Crippen molar-refractivity contribution < 1.29 is 5.11 Å². The Morgan fingerprint density at radius 1 is 1.54 bits per heavy atom. The van der Waals surface area contributed by atoms with Crippen molar-refractivity contribution in [1.82, 2.24) is 0 Å². The topological polar surface area (TPSA) is 46.2 Å². The third-order valence-corrected chi connectivity index (χ3v) is 2.62. The highest BCUT2D eigenvalue weighted by Gasteiger charge is 2.09. The number of aromatic hydroxyl groups is 1. The zero-order valence-corrected chi connectivity index (χ0v) is 9.21. The summed E-state index contributed by atoms with van der Waals surface area (Å²) < 4.78 is 0.897. The highest BCUT2D eigenvalue weighted by molar-refractivity contribution is 9.10. The molecule has 1 aromatic carbocycles. The maximum atomic E-state index is 9.62. The van der Waals surface area contributed by atoms with Crippen molar-refractivity contribution in [2.75, 3.05) is 6.54 Å². The van der Waals surface area contributed by atoms with Gasteiger partial charge in [-0.2, -0.15) is 0 Å². The van der Waals surface area contributed by atoms with Crippen LogP contribution in [0.25, 0.3) is 0 Å². The maximum absolute atomic E-state index is 9.62. The standard InChI is InChI=1S/C10H14BrNO/c1-7(4-5-12)9-3-2-8(11)6-10(9)13/h2-3,6-7,13H,4-5,12H2,1H3. The Balaban J connectivity index is 2.88. The summed E-state index contributed by atoms with van der Waals surface area (Å²) >= 11 is 3.30. The van der Waals surface area contributed by atoms with Crippen LogP contribution in [0.15, 0.2) is 22.7 Å². The largest absolute Gasteiger partial charge is 0.508 e. The van der Waals surface area contributed by atoms with Gasteiger partial charge in [0.25, 0.3) is 0 Å². The number of hydrogen-bond donors (Lipinski definition) is 2. The first-order valence-electron chi connectivity index (χ1n) is 4.33. The van der Waals surface area contributed by atoms with E-state index in [4.69, 9.17) is 5.73 Å². The zero-order chi connectivity index (χ0) is 9.84. The molecule has 13 heavy (non-hydrogen) atoms. The molecule has 0 aromatic heterocycles. The van der Waals surface area contributed by atoms with Crippen molar-refractivity contribution in [3.63, 3.8) is 0 Å². The Morgan fingerprint density at radius 2 is 2.23 bits per heavy atom. The Morgan fingerprint density at radius 3 is 2.77 bits per heavy atom. The molecule has 0 spiro atoms. The number of nitrogens with two attached hydrogens (primary N) is 1. The summed E-state index contributed by atoms with van der Waals surface area (Å²) in [5.74, 6) is 0.661. The summed E-state index contributed by atoms with van der Waals surface area (Å²) in [6.07, 6.45) is 0.898. The van der Waals surface area contributed by atoms with Crippen LogP contribution in [-0.2, 0) is 0 Å². The number of phenolic OH excluding ortho intramolecular Hbond substituents is 1. The molecule has 1 unspecified atom stereocenters. The van der Waals surface area contributed by atoms with Gasteiger partial charge in [0.15, 0.2) is 0 Å². The number of halogens is 1. The van der Waals surface area contributed by atoms with Gasteiger partial charge in [-0.15, -0.1) is 0 Å². The summed E-state index contributed by atoms with van der Waals surface area (Å²) in [5.41, 5.74) is 6.42. The lowest BCUT2D eigenvalue weighted by Gasteiger charge is -2.12. The van der Waals surface area contributed by atoms with Crippen molar-refractivity contribution in [2.45, 2.75) is 19.3 Å². The van der Waals surface area contributed by atoms with Crippen molar-refractivity contribution in [2.24, 2.45) is 5.73 Å². The van der Waals surface area contributed by atoms with Gasteiger partial charge in [-0.25, -0.2) is 0 Å². The van der Waals surface area contributed by atoms with Gasteiger partial charge < -0.3 is 10.8 Å². The van der Waals surface area contributed by atoms with Crippen LogP contribution in [0.3, 0.4) is 0 Å². The molecule has 0 aliphatic heterocycles. The second kappa shape index (κ2) is 4.63. The molecular formula is C10H14BrNO. The van der Waals surface area contributed by atoms with Gasteiger partial charge in [0.1, 0.15) is 5.75 Å². The highest BCUT2D eigenvalue weighted by Crippen LogP contribution is 2.29. The third kappa shape index (κ3) is 2.71. The van der Waals surface area contributed by atoms with Gasteiger partial charge in [-0.1, -0.05) is 28.9 Å². The van der Waals surface area contributed by atoms with Gasteiger partial charge in [0, 0.05) is 4.47 Å². The number of rotatable bonds is 3. The van der Waals surface area contributed by atoms with E-state index in [0.29, 0.717) is 18.2 Å². The maximum Gasteiger partial charge on any atom is 0.120 e. The summed E-state index contributed by atoms with van der Waals surface area (Å²) in [4.78, 5) is 0. The first kappa shape index (κ1) is 10.5. The van der Waals surface area contributed by atoms with E-state index in [1.54, 1.807) is 6.07 Å².